The maximum Gasteiger partial charge on any atom is 0.416 e. The first kappa shape index (κ1) is 14.5. The van der Waals surface area contributed by atoms with Gasteiger partial charge in [-0.05, 0) is 11.6 Å². The molecule has 1 rings (SSSR count). The largest absolute Gasteiger partial charge is 0.479 e. The highest BCUT2D eigenvalue weighted by molar-refractivity contribution is 5.74. The normalized spacial score (nSPS) is 14.3. The van der Waals surface area contributed by atoms with Crippen molar-refractivity contribution in [3.8, 4) is 0 Å². The second-order valence-corrected chi connectivity index (χ2v) is 4.54. The molecule has 1 atom stereocenters. The minimum absolute atomic E-state index is 0.118. The van der Waals surface area contributed by atoms with Gasteiger partial charge < -0.3 is 10.2 Å². The van der Waals surface area contributed by atoms with Crippen LogP contribution in [0.1, 0.15) is 25.0 Å². The molecule has 0 fully saturated rings. The summed E-state index contributed by atoms with van der Waals surface area (Å²) in [5, 5.41) is 18.3. The zero-order valence-electron chi connectivity index (χ0n) is 9.82. The number of aliphatic hydroxyl groups excluding tert-OH is 1. The van der Waals surface area contributed by atoms with Crippen molar-refractivity contribution in [1.82, 2.24) is 0 Å². The number of aliphatic hydroxyl groups is 1. The number of carboxylic acid groups (broad SMARTS) is 1. The maximum absolute atomic E-state index is 12.5. The molecule has 0 aliphatic heterocycles. The summed E-state index contributed by atoms with van der Waals surface area (Å²) in [5.74, 6) is -1.47. The van der Waals surface area contributed by atoms with E-state index < -0.39 is 29.2 Å². The molecule has 18 heavy (non-hydrogen) atoms. The molecule has 0 aliphatic carbocycles. The first-order chi connectivity index (χ1) is 8.06. The molecular weight excluding hydrogens is 249 g/mol. The maximum atomic E-state index is 12.5. The van der Waals surface area contributed by atoms with Gasteiger partial charge in [-0.15, -0.1) is 0 Å². The van der Waals surface area contributed by atoms with Gasteiger partial charge in [-0.1, -0.05) is 32.0 Å². The fourth-order valence-corrected chi connectivity index (χ4v) is 1.56. The average Bonchev–Trinajstić information content (AvgIpc) is 2.27. The fourth-order valence-electron chi connectivity index (χ4n) is 1.56. The van der Waals surface area contributed by atoms with Gasteiger partial charge in [0.15, 0.2) is 6.10 Å². The van der Waals surface area contributed by atoms with E-state index >= 15 is 0 Å². The molecule has 0 amide bonds. The number of alkyl halides is 3. The number of carboxylic acids is 1. The Balaban J connectivity index is 3.22. The lowest BCUT2D eigenvalue weighted by Gasteiger charge is -2.28. The van der Waals surface area contributed by atoms with Gasteiger partial charge in [0.25, 0.3) is 0 Å². The molecule has 6 heteroatoms. The monoisotopic (exact) mass is 262 g/mol. The van der Waals surface area contributed by atoms with Crippen LogP contribution < -0.4 is 0 Å². The van der Waals surface area contributed by atoms with Crippen molar-refractivity contribution in [2.45, 2.75) is 31.5 Å². The van der Waals surface area contributed by atoms with Crippen molar-refractivity contribution < 1.29 is 28.2 Å². The zero-order chi connectivity index (χ0) is 14.1. The number of benzene rings is 1. The van der Waals surface area contributed by atoms with Crippen LogP contribution in [0.2, 0.25) is 0 Å². The minimum atomic E-state index is -4.50. The lowest BCUT2D eigenvalue weighted by Crippen LogP contribution is -2.40. The second-order valence-electron chi connectivity index (χ2n) is 4.54. The van der Waals surface area contributed by atoms with Crippen LogP contribution >= 0.6 is 0 Å². The molecule has 0 spiro atoms. The molecule has 0 saturated carbocycles. The van der Waals surface area contributed by atoms with Gasteiger partial charge in [0.1, 0.15) is 0 Å². The van der Waals surface area contributed by atoms with Gasteiger partial charge in [-0.2, -0.15) is 13.2 Å². The Kier molecular flexibility index (Phi) is 3.71. The van der Waals surface area contributed by atoms with Crippen molar-refractivity contribution in [2.24, 2.45) is 0 Å². The van der Waals surface area contributed by atoms with Crippen molar-refractivity contribution in [1.29, 1.82) is 0 Å². The lowest BCUT2D eigenvalue weighted by atomic mass is 9.79. The van der Waals surface area contributed by atoms with Crippen molar-refractivity contribution in [3.05, 3.63) is 35.4 Å². The Labute approximate surface area is 102 Å². The quantitative estimate of drug-likeness (QED) is 0.879. The van der Waals surface area contributed by atoms with Crippen LogP contribution in [0.25, 0.3) is 0 Å². The number of rotatable bonds is 3. The third-order valence-corrected chi connectivity index (χ3v) is 2.85. The highest BCUT2D eigenvalue weighted by atomic mass is 19.4. The summed E-state index contributed by atoms with van der Waals surface area (Å²) < 4.78 is 37.6. The molecule has 0 radical (unpaired) electrons. The van der Waals surface area contributed by atoms with Gasteiger partial charge >= 0.3 is 12.1 Å². The van der Waals surface area contributed by atoms with E-state index in [1.54, 1.807) is 0 Å². The highest BCUT2D eigenvalue weighted by Gasteiger charge is 2.37. The third-order valence-electron chi connectivity index (χ3n) is 2.85. The first-order valence-corrected chi connectivity index (χ1v) is 5.15. The highest BCUT2D eigenvalue weighted by Crippen LogP contribution is 2.34. The van der Waals surface area contributed by atoms with Crippen LogP contribution in [-0.4, -0.2) is 22.3 Å². The number of hydrogen-bond donors (Lipinski definition) is 2. The molecule has 100 valence electrons. The molecule has 0 saturated heterocycles. The van der Waals surface area contributed by atoms with E-state index in [4.69, 9.17) is 5.11 Å². The van der Waals surface area contributed by atoms with E-state index in [9.17, 15) is 23.1 Å². The summed E-state index contributed by atoms with van der Waals surface area (Å²) in [7, 11) is 0. The van der Waals surface area contributed by atoms with Crippen molar-refractivity contribution in [2.75, 3.05) is 0 Å². The number of halogens is 3. The molecule has 3 nitrogen and oxygen atoms in total. The van der Waals surface area contributed by atoms with Gasteiger partial charge in [-0.3, -0.25) is 0 Å². The SMILES string of the molecule is CC(C)(c1cccc(C(F)(F)F)c1)C(O)C(=O)O. The molecule has 1 aromatic carbocycles. The third kappa shape index (κ3) is 2.81. The van der Waals surface area contributed by atoms with Crippen LogP contribution in [0.4, 0.5) is 13.2 Å². The van der Waals surface area contributed by atoms with Crippen LogP contribution in [-0.2, 0) is 16.4 Å². The van der Waals surface area contributed by atoms with Crippen LogP contribution in [0.5, 0.6) is 0 Å². The molecule has 1 aromatic rings. The summed E-state index contributed by atoms with van der Waals surface area (Å²) in [6, 6.07) is 4.30. The van der Waals surface area contributed by atoms with Crippen molar-refractivity contribution in [3.63, 3.8) is 0 Å². The second kappa shape index (κ2) is 4.61. The van der Waals surface area contributed by atoms with Crippen LogP contribution in [0.15, 0.2) is 24.3 Å². The molecule has 2 N–H and O–H groups in total. The lowest BCUT2D eigenvalue weighted by molar-refractivity contribution is -0.150. The molecule has 0 bridgehead atoms. The van der Waals surface area contributed by atoms with Crippen LogP contribution in [0.3, 0.4) is 0 Å². The number of hydrogen-bond acceptors (Lipinski definition) is 2. The average molecular weight is 262 g/mol. The van der Waals surface area contributed by atoms with E-state index in [0.29, 0.717) is 0 Å². The van der Waals surface area contributed by atoms with E-state index in [1.807, 2.05) is 0 Å². The fraction of sp³-hybridized carbons (Fsp3) is 0.417. The van der Waals surface area contributed by atoms with Crippen LogP contribution in [0, 0.1) is 0 Å². The summed E-state index contributed by atoms with van der Waals surface area (Å²) in [5.41, 5.74) is -2.06. The topological polar surface area (TPSA) is 57.5 Å². The smallest absolute Gasteiger partial charge is 0.416 e. The van der Waals surface area contributed by atoms with E-state index in [0.717, 1.165) is 12.1 Å². The summed E-state index contributed by atoms with van der Waals surface area (Å²) in [4.78, 5) is 10.7. The number of aliphatic carboxylic acids is 1. The predicted octanol–water partition coefficient (Wildman–Crippen LogP) is 2.43. The van der Waals surface area contributed by atoms with E-state index in [-0.39, 0.29) is 5.56 Å². The molecule has 0 heterocycles. The molecule has 0 aromatic heterocycles. The van der Waals surface area contributed by atoms with Gasteiger partial charge in [-0.25, -0.2) is 4.79 Å². The Morgan fingerprint density at radius 1 is 1.22 bits per heavy atom. The Hall–Kier alpha value is -1.56. The Morgan fingerprint density at radius 3 is 2.17 bits per heavy atom. The molecular formula is C12H13F3O3. The van der Waals surface area contributed by atoms with Gasteiger partial charge in [0, 0.05) is 5.41 Å². The standard InChI is InChI=1S/C12H13F3O3/c1-11(2,9(16)10(17)18)7-4-3-5-8(6-7)12(13,14)15/h3-6,9,16H,1-2H3,(H,17,18). The van der Waals surface area contributed by atoms with Crippen molar-refractivity contribution >= 4 is 5.97 Å². The minimum Gasteiger partial charge on any atom is -0.479 e. The van der Waals surface area contributed by atoms with E-state index in [2.05, 4.69) is 0 Å². The Morgan fingerprint density at radius 2 is 1.72 bits per heavy atom. The van der Waals surface area contributed by atoms with Gasteiger partial charge in [0.2, 0.25) is 0 Å². The Bertz CT molecular complexity index is 452. The summed E-state index contributed by atoms with van der Waals surface area (Å²) in [6.45, 7) is 2.75. The number of carbonyl (C=O) groups is 1. The first-order valence-electron chi connectivity index (χ1n) is 5.15. The predicted molar refractivity (Wildman–Crippen MR) is 58.1 cm³/mol. The van der Waals surface area contributed by atoms with E-state index in [1.165, 1.54) is 26.0 Å². The molecule has 0 aliphatic rings. The van der Waals surface area contributed by atoms with Gasteiger partial charge in [0.05, 0.1) is 5.56 Å². The summed E-state index contributed by atoms with van der Waals surface area (Å²) in [6.07, 6.45) is -6.28. The zero-order valence-corrected chi connectivity index (χ0v) is 9.82. The molecule has 1 unspecified atom stereocenters. The summed E-state index contributed by atoms with van der Waals surface area (Å²) >= 11 is 0.